The van der Waals surface area contributed by atoms with Crippen molar-refractivity contribution >= 4 is 16.9 Å². The lowest BCUT2D eigenvalue weighted by molar-refractivity contribution is 0.0699. The number of aromatic nitrogens is 1. The summed E-state index contributed by atoms with van der Waals surface area (Å²) in [4.78, 5) is 16.5. The zero-order chi connectivity index (χ0) is 17.4. The zero-order valence-corrected chi connectivity index (χ0v) is 14.2. The molecule has 3 rings (SSSR count). The van der Waals surface area contributed by atoms with E-state index in [9.17, 15) is 9.90 Å². The number of carboxylic acid groups (broad SMARTS) is 1. The van der Waals surface area contributed by atoms with Gasteiger partial charge in [-0.05, 0) is 67.8 Å². The van der Waals surface area contributed by atoms with Gasteiger partial charge in [0, 0.05) is 10.9 Å². The first-order valence-electron chi connectivity index (χ1n) is 7.71. The summed E-state index contributed by atoms with van der Waals surface area (Å²) in [5.74, 6) is -0.148. The van der Waals surface area contributed by atoms with Crippen molar-refractivity contribution in [3.8, 4) is 17.0 Å². The fourth-order valence-electron chi connectivity index (χ4n) is 3.11. The van der Waals surface area contributed by atoms with Gasteiger partial charge < -0.3 is 9.84 Å². The predicted molar refractivity (Wildman–Crippen MR) is 94.9 cm³/mol. The largest absolute Gasteiger partial charge is 0.496 e. The van der Waals surface area contributed by atoms with Gasteiger partial charge >= 0.3 is 5.97 Å². The van der Waals surface area contributed by atoms with Gasteiger partial charge in [-0.15, -0.1) is 0 Å². The molecule has 0 aliphatic heterocycles. The third kappa shape index (κ3) is 2.71. The molecule has 0 amide bonds. The summed E-state index contributed by atoms with van der Waals surface area (Å²) in [5.41, 5.74) is 5.47. The monoisotopic (exact) mass is 321 g/mol. The Kier molecular flexibility index (Phi) is 3.97. The predicted octanol–water partition coefficient (Wildman–Crippen LogP) is 4.53. The lowest BCUT2D eigenvalue weighted by Gasteiger charge is -2.12. The van der Waals surface area contributed by atoms with Crippen molar-refractivity contribution in [2.75, 3.05) is 7.11 Å². The molecule has 0 spiro atoms. The van der Waals surface area contributed by atoms with Gasteiger partial charge in [-0.25, -0.2) is 9.78 Å². The van der Waals surface area contributed by atoms with Crippen LogP contribution in [0.3, 0.4) is 0 Å². The lowest BCUT2D eigenvalue weighted by Crippen LogP contribution is -2.02. The molecule has 0 bridgehead atoms. The van der Waals surface area contributed by atoms with E-state index in [1.54, 1.807) is 13.2 Å². The number of hydrogen-bond donors (Lipinski definition) is 1. The van der Waals surface area contributed by atoms with Gasteiger partial charge in [-0.1, -0.05) is 6.07 Å². The second-order valence-electron chi connectivity index (χ2n) is 6.02. The van der Waals surface area contributed by atoms with Crippen molar-refractivity contribution < 1.29 is 14.6 Å². The van der Waals surface area contributed by atoms with E-state index >= 15 is 0 Å². The highest BCUT2D eigenvalue weighted by molar-refractivity contribution is 6.05. The van der Waals surface area contributed by atoms with Gasteiger partial charge in [-0.3, -0.25) is 0 Å². The molecular weight excluding hydrogens is 302 g/mol. The van der Waals surface area contributed by atoms with Crippen LogP contribution in [-0.4, -0.2) is 23.2 Å². The number of ether oxygens (including phenoxy) is 1. The number of rotatable bonds is 3. The summed E-state index contributed by atoms with van der Waals surface area (Å²) in [6.07, 6.45) is 0. The Balaban J connectivity index is 2.30. The minimum Gasteiger partial charge on any atom is -0.496 e. The number of methoxy groups -OCH3 is 1. The molecule has 0 aliphatic rings. The zero-order valence-electron chi connectivity index (χ0n) is 14.2. The van der Waals surface area contributed by atoms with E-state index in [-0.39, 0.29) is 5.56 Å². The van der Waals surface area contributed by atoms with Gasteiger partial charge in [0.15, 0.2) is 0 Å². The van der Waals surface area contributed by atoms with Crippen LogP contribution >= 0.6 is 0 Å². The van der Waals surface area contributed by atoms with E-state index in [1.807, 2.05) is 51.1 Å². The summed E-state index contributed by atoms with van der Waals surface area (Å²) in [6, 6.07) is 11.3. The third-order valence-electron chi connectivity index (χ3n) is 4.17. The van der Waals surface area contributed by atoms with Crippen molar-refractivity contribution in [2.24, 2.45) is 0 Å². The Bertz CT molecular complexity index is 961. The van der Waals surface area contributed by atoms with E-state index in [0.717, 1.165) is 28.0 Å². The molecule has 122 valence electrons. The van der Waals surface area contributed by atoms with Gasteiger partial charge in [0.2, 0.25) is 0 Å². The minimum absolute atomic E-state index is 0.279. The number of nitrogens with zero attached hydrogens (tertiary/aromatic N) is 1. The SMILES string of the molecule is COc1ccc(-c2cc(C(=O)O)c3c(C)cc(C)cc3n2)cc1C. The van der Waals surface area contributed by atoms with Crippen LogP contribution in [-0.2, 0) is 0 Å². The molecule has 0 atom stereocenters. The summed E-state index contributed by atoms with van der Waals surface area (Å²) < 4.78 is 5.28. The van der Waals surface area contributed by atoms with Crippen LogP contribution in [0.1, 0.15) is 27.0 Å². The molecule has 0 radical (unpaired) electrons. The Hall–Kier alpha value is -2.88. The number of hydrogen-bond acceptors (Lipinski definition) is 3. The first-order valence-corrected chi connectivity index (χ1v) is 7.71. The summed E-state index contributed by atoms with van der Waals surface area (Å²) in [6.45, 7) is 5.86. The molecule has 24 heavy (non-hydrogen) atoms. The number of pyridine rings is 1. The lowest BCUT2D eigenvalue weighted by atomic mass is 9.98. The van der Waals surface area contributed by atoms with Crippen LogP contribution in [0.4, 0.5) is 0 Å². The number of aromatic carboxylic acids is 1. The fraction of sp³-hybridized carbons (Fsp3) is 0.200. The Morgan fingerprint density at radius 2 is 1.79 bits per heavy atom. The smallest absolute Gasteiger partial charge is 0.336 e. The number of carbonyl (C=O) groups is 1. The first kappa shape index (κ1) is 16.0. The number of aryl methyl sites for hydroxylation is 3. The van der Waals surface area contributed by atoms with E-state index in [0.29, 0.717) is 16.6 Å². The van der Waals surface area contributed by atoms with Crippen LogP contribution in [0.2, 0.25) is 0 Å². The topological polar surface area (TPSA) is 59.4 Å². The van der Waals surface area contributed by atoms with Gasteiger partial charge in [0.25, 0.3) is 0 Å². The molecule has 0 saturated heterocycles. The standard InChI is InChI=1S/C20H19NO3/c1-11-7-13(3)19-15(20(22)23)10-16(21-17(19)8-11)14-5-6-18(24-4)12(2)9-14/h5-10H,1-4H3,(H,22,23). The molecule has 0 aliphatic carbocycles. The van der Waals surface area contributed by atoms with Crippen molar-refractivity contribution in [3.05, 3.63) is 58.7 Å². The van der Waals surface area contributed by atoms with Crippen LogP contribution in [0, 0.1) is 20.8 Å². The van der Waals surface area contributed by atoms with Gasteiger partial charge in [0.05, 0.1) is 23.9 Å². The summed E-state index contributed by atoms with van der Waals surface area (Å²) in [7, 11) is 1.63. The van der Waals surface area contributed by atoms with Gasteiger partial charge in [0.1, 0.15) is 5.75 Å². The highest BCUT2D eigenvalue weighted by Crippen LogP contribution is 2.30. The summed E-state index contributed by atoms with van der Waals surface area (Å²) in [5, 5.41) is 10.3. The molecule has 1 heterocycles. The minimum atomic E-state index is -0.944. The quantitative estimate of drug-likeness (QED) is 0.769. The molecule has 3 aromatic rings. The van der Waals surface area contributed by atoms with Gasteiger partial charge in [-0.2, -0.15) is 0 Å². The number of carboxylic acids is 1. The second-order valence-corrected chi connectivity index (χ2v) is 6.02. The van der Waals surface area contributed by atoms with E-state index in [1.165, 1.54) is 0 Å². The van der Waals surface area contributed by atoms with Crippen LogP contribution in [0.25, 0.3) is 22.2 Å². The van der Waals surface area contributed by atoms with Crippen LogP contribution in [0.15, 0.2) is 36.4 Å². The number of fused-ring (bicyclic) bond motifs is 1. The van der Waals surface area contributed by atoms with E-state index < -0.39 is 5.97 Å². The Morgan fingerprint density at radius 1 is 1.04 bits per heavy atom. The van der Waals surface area contributed by atoms with E-state index in [4.69, 9.17) is 9.72 Å². The molecule has 0 unspecified atom stereocenters. The van der Waals surface area contributed by atoms with Crippen LogP contribution in [0.5, 0.6) is 5.75 Å². The maximum absolute atomic E-state index is 11.8. The van der Waals surface area contributed by atoms with Crippen molar-refractivity contribution in [1.29, 1.82) is 0 Å². The van der Waals surface area contributed by atoms with E-state index in [2.05, 4.69) is 0 Å². The van der Waals surface area contributed by atoms with Crippen molar-refractivity contribution in [2.45, 2.75) is 20.8 Å². The Morgan fingerprint density at radius 3 is 2.42 bits per heavy atom. The highest BCUT2D eigenvalue weighted by atomic mass is 16.5. The Labute approximate surface area is 140 Å². The average molecular weight is 321 g/mol. The molecule has 1 aromatic heterocycles. The maximum atomic E-state index is 11.8. The average Bonchev–Trinajstić information content (AvgIpc) is 2.53. The molecule has 0 fully saturated rings. The fourth-order valence-corrected chi connectivity index (χ4v) is 3.11. The molecule has 4 nitrogen and oxygen atoms in total. The van der Waals surface area contributed by atoms with Crippen LogP contribution < -0.4 is 4.74 Å². The third-order valence-corrected chi connectivity index (χ3v) is 4.17. The summed E-state index contributed by atoms with van der Waals surface area (Å²) >= 11 is 0. The highest BCUT2D eigenvalue weighted by Gasteiger charge is 2.15. The molecule has 2 aromatic carbocycles. The normalized spacial score (nSPS) is 10.8. The molecule has 4 heteroatoms. The second kappa shape index (κ2) is 5.96. The molecule has 1 N–H and O–H groups in total. The maximum Gasteiger partial charge on any atom is 0.336 e. The number of benzene rings is 2. The molecule has 0 saturated carbocycles. The van der Waals surface area contributed by atoms with Crippen molar-refractivity contribution in [3.63, 3.8) is 0 Å². The van der Waals surface area contributed by atoms with Crippen molar-refractivity contribution in [1.82, 2.24) is 4.98 Å². The molecular formula is C20H19NO3. The first-order chi connectivity index (χ1) is 11.4.